The second kappa shape index (κ2) is 4.53. The summed E-state index contributed by atoms with van der Waals surface area (Å²) in [5, 5.41) is -1.21. The summed E-state index contributed by atoms with van der Waals surface area (Å²) in [4.78, 5) is 24.5. The van der Waals surface area contributed by atoms with Gasteiger partial charge in [-0.1, -0.05) is 30.3 Å². The number of nitrogens with zero attached hydrogens (tertiary/aromatic N) is 1. The van der Waals surface area contributed by atoms with Gasteiger partial charge >= 0.3 is 0 Å². The fourth-order valence-electron chi connectivity index (χ4n) is 1.93. The highest BCUT2D eigenvalue weighted by Crippen LogP contribution is 2.17. The highest BCUT2D eigenvalue weighted by Gasteiger charge is 2.44. The monoisotopic (exact) mass is 267 g/mol. The third-order valence-corrected chi connectivity index (χ3v) is 4.31. The van der Waals surface area contributed by atoms with E-state index in [0.29, 0.717) is 0 Å². The molecule has 0 radical (unpaired) electrons. The molecule has 0 N–H and O–H groups in total. The Morgan fingerprint density at radius 2 is 1.83 bits per heavy atom. The second-order valence-corrected chi connectivity index (χ2v) is 6.58. The molecule has 1 unspecified atom stereocenters. The molecule has 18 heavy (non-hydrogen) atoms. The van der Waals surface area contributed by atoms with E-state index in [1.54, 1.807) is 0 Å². The maximum Gasteiger partial charge on any atom is 0.291 e. The van der Waals surface area contributed by atoms with E-state index in [-0.39, 0.29) is 13.1 Å². The first-order valence-electron chi connectivity index (χ1n) is 5.45. The molecule has 0 aromatic heterocycles. The summed E-state index contributed by atoms with van der Waals surface area (Å²) < 4.78 is 22.8. The maximum atomic E-state index is 11.7. The first-order valence-corrected chi connectivity index (χ1v) is 7.41. The van der Waals surface area contributed by atoms with Crippen LogP contribution in [0.3, 0.4) is 0 Å². The predicted molar refractivity (Wildman–Crippen MR) is 65.5 cm³/mol. The summed E-state index contributed by atoms with van der Waals surface area (Å²) in [5.41, 5.74) is 0.868. The average Bonchev–Trinajstić information content (AvgIpc) is 2.58. The smallest absolute Gasteiger partial charge is 0.291 e. The van der Waals surface area contributed by atoms with Crippen LogP contribution in [0.4, 0.5) is 0 Å². The predicted octanol–water partition coefficient (Wildman–Crippen LogP) is 0.0111. The van der Waals surface area contributed by atoms with Gasteiger partial charge in [0.15, 0.2) is 9.84 Å². The Kier molecular flexibility index (Phi) is 3.21. The lowest BCUT2D eigenvalue weighted by molar-refractivity contribution is -0.140. The lowest BCUT2D eigenvalue weighted by atomic mass is 10.2. The van der Waals surface area contributed by atoms with Gasteiger partial charge in [0.05, 0.1) is 0 Å². The fraction of sp³-hybridized carbons (Fsp3) is 0.333. The molecule has 0 bridgehead atoms. The zero-order valence-electron chi connectivity index (χ0n) is 9.87. The van der Waals surface area contributed by atoms with Crippen LogP contribution in [0, 0.1) is 0 Å². The maximum absolute atomic E-state index is 11.7. The van der Waals surface area contributed by atoms with E-state index in [2.05, 4.69) is 0 Å². The number of Topliss-reactive ketones (excluding diaryl/α,β-unsaturated/α-hetero) is 1. The molecule has 96 valence electrons. The van der Waals surface area contributed by atoms with E-state index in [4.69, 9.17) is 0 Å². The topological polar surface area (TPSA) is 71.5 Å². The quantitative estimate of drug-likeness (QED) is 0.723. The molecule has 1 aromatic carbocycles. The normalized spacial score (nSPS) is 20.5. The molecule has 1 heterocycles. The van der Waals surface area contributed by atoms with Crippen molar-refractivity contribution in [1.29, 1.82) is 0 Å². The van der Waals surface area contributed by atoms with Gasteiger partial charge in [0.2, 0.25) is 5.78 Å². The van der Waals surface area contributed by atoms with Crippen LogP contribution in [0.25, 0.3) is 0 Å². The van der Waals surface area contributed by atoms with Crippen molar-refractivity contribution < 1.29 is 18.0 Å². The van der Waals surface area contributed by atoms with Crippen molar-refractivity contribution in [1.82, 2.24) is 4.90 Å². The molecule has 1 aliphatic heterocycles. The molecule has 5 nitrogen and oxygen atoms in total. The van der Waals surface area contributed by atoms with Gasteiger partial charge in [0.25, 0.3) is 5.91 Å². The summed E-state index contributed by atoms with van der Waals surface area (Å²) in [7, 11) is -3.52. The molecule has 1 aliphatic rings. The van der Waals surface area contributed by atoms with Gasteiger partial charge < -0.3 is 4.90 Å². The minimum atomic E-state index is -3.52. The van der Waals surface area contributed by atoms with Crippen LogP contribution in [0.2, 0.25) is 0 Å². The Morgan fingerprint density at radius 1 is 1.22 bits per heavy atom. The van der Waals surface area contributed by atoms with Crippen molar-refractivity contribution in [2.24, 2.45) is 0 Å². The van der Waals surface area contributed by atoms with Crippen molar-refractivity contribution in [2.75, 3.05) is 12.8 Å². The lowest BCUT2D eigenvalue weighted by Gasteiger charge is -2.14. The van der Waals surface area contributed by atoms with Gasteiger partial charge in [-0.05, 0) is 5.56 Å². The van der Waals surface area contributed by atoms with Crippen LogP contribution in [0.1, 0.15) is 5.56 Å². The second-order valence-electron chi connectivity index (χ2n) is 4.35. The summed E-state index contributed by atoms with van der Waals surface area (Å²) in [5.74, 6) is -1.54. The van der Waals surface area contributed by atoms with Crippen molar-refractivity contribution in [3.63, 3.8) is 0 Å². The summed E-state index contributed by atoms with van der Waals surface area (Å²) in [6, 6.07) is 9.15. The molecular formula is C12H13NO4S. The Hall–Kier alpha value is -1.69. The summed E-state index contributed by atoms with van der Waals surface area (Å²) in [6.45, 7) is 0.211. The lowest BCUT2D eigenvalue weighted by Crippen LogP contribution is -2.29. The van der Waals surface area contributed by atoms with Gasteiger partial charge in [-0.25, -0.2) is 8.42 Å². The molecule has 2 rings (SSSR count). The summed E-state index contributed by atoms with van der Waals surface area (Å²) in [6.07, 6.45) is 0.981. The van der Waals surface area contributed by atoms with E-state index in [0.717, 1.165) is 11.8 Å². The minimum absolute atomic E-state index is 0.0502. The molecule has 1 saturated heterocycles. The fourth-order valence-corrected chi connectivity index (χ4v) is 2.87. The van der Waals surface area contributed by atoms with Crippen LogP contribution in [-0.4, -0.2) is 43.1 Å². The number of hydrogen-bond donors (Lipinski definition) is 0. The Morgan fingerprint density at radius 3 is 2.33 bits per heavy atom. The van der Waals surface area contributed by atoms with Gasteiger partial charge in [-0.2, -0.15) is 0 Å². The molecule has 1 fully saturated rings. The molecule has 0 saturated carbocycles. The number of carbonyl (C=O) groups excluding carboxylic acids is 2. The van der Waals surface area contributed by atoms with Crippen molar-refractivity contribution in [3.8, 4) is 0 Å². The SMILES string of the molecule is CS(=O)(=O)C1CN(Cc2ccccc2)C(=O)C1=O. The van der Waals surface area contributed by atoms with Crippen LogP contribution in [0.15, 0.2) is 30.3 Å². The van der Waals surface area contributed by atoms with Crippen LogP contribution < -0.4 is 0 Å². The third kappa shape index (κ3) is 2.43. The molecule has 1 aromatic rings. The minimum Gasteiger partial charge on any atom is -0.330 e. The number of carbonyl (C=O) groups is 2. The van der Waals surface area contributed by atoms with Gasteiger partial charge in [0.1, 0.15) is 5.25 Å². The standard InChI is InChI=1S/C12H13NO4S/c1-18(16,17)10-8-13(12(15)11(10)14)7-9-5-3-2-4-6-9/h2-6,10H,7-8H2,1H3. The van der Waals surface area contributed by atoms with Gasteiger partial charge in [0, 0.05) is 19.3 Å². The largest absolute Gasteiger partial charge is 0.330 e. The number of benzene rings is 1. The zero-order chi connectivity index (χ0) is 13.3. The summed E-state index contributed by atoms with van der Waals surface area (Å²) >= 11 is 0. The van der Waals surface area contributed by atoms with Crippen molar-refractivity contribution >= 4 is 21.5 Å². The van der Waals surface area contributed by atoms with E-state index in [1.807, 2.05) is 30.3 Å². The molecule has 0 aliphatic carbocycles. The Bertz CT molecular complexity index is 579. The van der Waals surface area contributed by atoms with Crippen molar-refractivity contribution in [2.45, 2.75) is 11.8 Å². The Labute approximate surface area is 105 Å². The number of amides is 1. The van der Waals surface area contributed by atoms with Gasteiger partial charge in [-0.3, -0.25) is 9.59 Å². The van der Waals surface area contributed by atoms with E-state index < -0.39 is 26.8 Å². The molecule has 1 atom stereocenters. The first-order chi connectivity index (χ1) is 8.39. The average molecular weight is 267 g/mol. The molecule has 1 amide bonds. The Balaban J connectivity index is 2.18. The van der Waals surface area contributed by atoms with Crippen molar-refractivity contribution in [3.05, 3.63) is 35.9 Å². The van der Waals surface area contributed by atoms with E-state index >= 15 is 0 Å². The zero-order valence-corrected chi connectivity index (χ0v) is 10.7. The number of ketones is 1. The van der Waals surface area contributed by atoms with E-state index in [1.165, 1.54) is 4.90 Å². The number of sulfone groups is 1. The van der Waals surface area contributed by atoms with E-state index in [9.17, 15) is 18.0 Å². The number of rotatable bonds is 3. The molecular weight excluding hydrogens is 254 g/mol. The van der Waals surface area contributed by atoms with Crippen LogP contribution in [-0.2, 0) is 26.0 Å². The molecule has 6 heteroatoms. The third-order valence-electron chi connectivity index (χ3n) is 2.91. The highest BCUT2D eigenvalue weighted by molar-refractivity contribution is 7.92. The first kappa shape index (κ1) is 12.8. The van der Waals surface area contributed by atoms with Crippen LogP contribution >= 0.6 is 0 Å². The molecule has 0 spiro atoms. The number of hydrogen-bond acceptors (Lipinski definition) is 4. The number of likely N-dealkylation sites (tertiary alicyclic amines) is 1. The highest BCUT2D eigenvalue weighted by atomic mass is 32.2. The van der Waals surface area contributed by atoms with Crippen LogP contribution in [0.5, 0.6) is 0 Å². The van der Waals surface area contributed by atoms with Gasteiger partial charge in [-0.15, -0.1) is 0 Å².